The zero-order chi connectivity index (χ0) is 19.3. The molecule has 1 amide bonds. The molecule has 0 bridgehead atoms. The van der Waals surface area contributed by atoms with Gasteiger partial charge in [-0.3, -0.25) is 10.1 Å². The highest BCUT2D eigenvalue weighted by Gasteiger charge is 2.13. The number of carbonyl (C=O) groups excluding carboxylic acids is 1. The maximum Gasteiger partial charge on any atom is 0.258 e. The fourth-order valence-corrected chi connectivity index (χ4v) is 2.90. The van der Waals surface area contributed by atoms with Crippen molar-refractivity contribution in [3.8, 4) is 22.8 Å². The van der Waals surface area contributed by atoms with E-state index >= 15 is 0 Å². The largest absolute Gasteiger partial charge is 0.290 e. The minimum atomic E-state index is -0.281. The van der Waals surface area contributed by atoms with Crippen LogP contribution in [0.25, 0.3) is 22.8 Å². The molecule has 0 saturated carbocycles. The number of benzene rings is 3. The van der Waals surface area contributed by atoms with Crippen LogP contribution in [-0.4, -0.2) is 20.9 Å². The van der Waals surface area contributed by atoms with Crippen molar-refractivity contribution in [2.45, 2.75) is 0 Å². The summed E-state index contributed by atoms with van der Waals surface area (Å²) in [6.07, 6.45) is 0. The summed E-state index contributed by atoms with van der Waals surface area (Å²) in [4.78, 5) is 26.1. The number of nitrogens with one attached hydrogen (secondary N) is 1. The van der Waals surface area contributed by atoms with Crippen molar-refractivity contribution < 1.29 is 4.79 Å². The van der Waals surface area contributed by atoms with Crippen LogP contribution in [0.5, 0.6) is 0 Å². The second-order valence-corrected chi connectivity index (χ2v) is 6.91. The molecule has 0 atom stereocenters. The highest BCUT2D eigenvalue weighted by Crippen LogP contribution is 2.22. The van der Waals surface area contributed by atoms with Gasteiger partial charge in [-0.2, -0.15) is 9.97 Å². The molecule has 136 valence electrons. The Bertz CT molecular complexity index is 1040. The average molecular weight is 431 g/mol. The summed E-state index contributed by atoms with van der Waals surface area (Å²) in [5, 5.41) is 2.78. The number of carbonyl (C=O) groups is 1. The van der Waals surface area contributed by atoms with Crippen LogP contribution in [0.3, 0.4) is 0 Å². The van der Waals surface area contributed by atoms with Crippen LogP contribution < -0.4 is 5.32 Å². The lowest BCUT2D eigenvalue weighted by atomic mass is 10.2. The second-order valence-electron chi connectivity index (χ2n) is 6.00. The molecule has 0 aliphatic heterocycles. The third-order valence-corrected chi connectivity index (χ3v) is 4.56. The fraction of sp³-hybridized carbons (Fsp3) is 0. The number of hydrogen-bond donors (Lipinski definition) is 1. The number of aromatic nitrogens is 3. The van der Waals surface area contributed by atoms with Crippen LogP contribution in [0.1, 0.15) is 10.4 Å². The van der Waals surface area contributed by atoms with Gasteiger partial charge in [0.15, 0.2) is 11.6 Å². The minimum absolute atomic E-state index is 0.209. The van der Waals surface area contributed by atoms with Crippen molar-refractivity contribution >= 4 is 27.8 Å². The number of halogens is 1. The van der Waals surface area contributed by atoms with E-state index in [1.807, 2.05) is 72.8 Å². The number of hydrogen-bond acceptors (Lipinski definition) is 4. The number of nitrogens with zero attached hydrogens (tertiary/aromatic N) is 3. The van der Waals surface area contributed by atoms with E-state index in [1.165, 1.54) is 0 Å². The van der Waals surface area contributed by atoms with E-state index in [1.54, 1.807) is 12.1 Å². The lowest BCUT2D eigenvalue weighted by Gasteiger charge is -2.09. The van der Waals surface area contributed by atoms with Crippen molar-refractivity contribution in [2.75, 3.05) is 5.32 Å². The van der Waals surface area contributed by atoms with Gasteiger partial charge in [-0.15, -0.1) is 0 Å². The third-order valence-electron chi connectivity index (χ3n) is 4.03. The van der Waals surface area contributed by atoms with E-state index in [4.69, 9.17) is 0 Å². The van der Waals surface area contributed by atoms with E-state index in [9.17, 15) is 4.79 Å². The van der Waals surface area contributed by atoms with Gasteiger partial charge in [0.2, 0.25) is 5.95 Å². The molecule has 0 unspecified atom stereocenters. The minimum Gasteiger partial charge on any atom is -0.290 e. The second kappa shape index (κ2) is 8.10. The quantitative estimate of drug-likeness (QED) is 0.481. The van der Waals surface area contributed by atoms with E-state index in [-0.39, 0.29) is 11.9 Å². The Labute approximate surface area is 170 Å². The van der Waals surface area contributed by atoms with Gasteiger partial charge in [0.25, 0.3) is 5.91 Å². The Morgan fingerprint density at radius 2 is 1.18 bits per heavy atom. The molecule has 4 aromatic rings. The van der Waals surface area contributed by atoms with Gasteiger partial charge in [0.05, 0.1) is 0 Å². The van der Waals surface area contributed by atoms with Crippen molar-refractivity contribution in [1.29, 1.82) is 0 Å². The molecule has 1 N–H and O–H groups in total. The van der Waals surface area contributed by atoms with E-state index < -0.39 is 0 Å². The van der Waals surface area contributed by atoms with Crippen LogP contribution in [-0.2, 0) is 0 Å². The van der Waals surface area contributed by atoms with Crippen molar-refractivity contribution in [3.63, 3.8) is 0 Å². The zero-order valence-corrected chi connectivity index (χ0v) is 16.3. The Hall–Kier alpha value is -3.38. The highest BCUT2D eigenvalue weighted by molar-refractivity contribution is 9.10. The molecule has 28 heavy (non-hydrogen) atoms. The van der Waals surface area contributed by atoms with Gasteiger partial charge in [-0.1, -0.05) is 76.6 Å². The molecule has 5 nitrogen and oxygen atoms in total. The molecule has 6 heteroatoms. The van der Waals surface area contributed by atoms with Gasteiger partial charge in [0.1, 0.15) is 0 Å². The maximum atomic E-state index is 12.6. The van der Waals surface area contributed by atoms with Crippen LogP contribution in [0, 0.1) is 0 Å². The van der Waals surface area contributed by atoms with Crippen molar-refractivity contribution in [1.82, 2.24) is 15.0 Å². The van der Waals surface area contributed by atoms with E-state index in [0.29, 0.717) is 17.2 Å². The summed E-state index contributed by atoms with van der Waals surface area (Å²) in [6.45, 7) is 0. The monoisotopic (exact) mass is 430 g/mol. The summed E-state index contributed by atoms with van der Waals surface area (Å²) in [7, 11) is 0. The Morgan fingerprint density at radius 1 is 0.679 bits per heavy atom. The van der Waals surface area contributed by atoms with Gasteiger partial charge in [-0.05, 0) is 24.3 Å². The first kappa shape index (κ1) is 18.0. The van der Waals surface area contributed by atoms with E-state index in [0.717, 1.165) is 15.6 Å². The van der Waals surface area contributed by atoms with Crippen LogP contribution >= 0.6 is 15.9 Å². The lowest BCUT2D eigenvalue weighted by Crippen LogP contribution is -2.15. The Morgan fingerprint density at radius 3 is 1.68 bits per heavy atom. The summed E-state index contributed by atoms with van der Waals surface area (Å²) >= 11 is 3.37. The normalized spacial score (nSPS) is 10.5. The topological polar surface area (TPSA) is 67.8 Å². The van der Waals surface area contributed by atoms with Gasteiger partial charge >= 0.3 is 0 Å². The maximum absolute atomic E-state index is 12.6. The molecule has 1 heterocycles. The molecule has 0 aliphatic rings. The average Bonchev–Trinajstić information content (AvgIpc) is 2.75. The van der Waals surface area contributed by atoms with Crippen LogP contribution in [0.4, 0.5) is 5.95 Å². The molecule has 0 saturated heterocycles. The molecule has 0 radical (unpaired) electrons. The molecule has 0 spiro atoms. The summed E-state index contributed by atoms with van der Waals surface area (Å²) in [6, 6.07) is 26.3. The SMILES string of the molecule is O=C(Nc1nc(-c2ccccc2)nc(-c2ccccc2)n1)c1ccc(Br)cc1. The van der Waals surface area contributed by atoms with Gasteiger partial charge in [0, 0.05) is 21.2 Å². The predicted molar refractivity (Wildman–Crippen MR) is 113 cm³/mol. The molecule has 0 aliphatic carbocycles. The number of anilines is 1. The molecule has 1 aromatic heterocycles. The van der Waals surface area contributed by atoms with E-state index in [2.05, 4.69) is 36.2 Å². The first-order chi connectivity index (χ1) is 13.7. The molecule has 3 aromatic carbocycles. The smallest absolute Gasteiger partial charge is 0.258 e. The van der Waals surface area contributed by atoms with Crippen LogP contribution in [0.15, 0.2) is 89.4 Å². The van der Waals surface area contributed by atoms with Gasteiger partial charge in [-0.25, -0.2) is 4.98 Å². The van der Waals surface area contributed by atoms with Crippen molar-refractivity contribution in [3.05, 3.63) is 95.0 Å². The Kier molecular flexibility index (Phi) is 5.21. The zero-order valence-electron chi connectivity index (χ0n) is 14.7. The lowest BCUT2D eigenvalue weighted by molar-refractivity contribution is 0.102. The van der Waals surface area contributed by atoms with Crippen LogP contribution in [0.2, 0.25) is 0 Å². The Balaban J connectivity index is 1.73. The van der Waals surface area contributed by atoms with Gasteiger partial charge < -0.3 is 0 Å². The summed E-state index contributed by atoms with van der Waals surface area (Å²) in [5.41, 5.74) is 2.22. The molecule has 0 fully saturated rings. The standard InChI is InChI=1S/C22H15BrN4O/c23-18-13-11-17(12-14-18)21(28)27-22-25-19(15-7-3-1-4-8-15)24-20(26-22)16-9-5-2-6-10-16/h1-14H,(H,24,25,26,27,28). The summed E-state index contributed by atoms with van der Waals surface area (Å²) in [5.74, 6) is 0.929. The number of rotatable bonds is 4. The molecule has 4 rings (SSSR count). The first-order valence-electron chi connectivity index (χ1n) is 8.63. The fourth-order valence-electron chi connectivity index (χ4n) is 2.64. The summed E-state index contributed by atoms with van der Waals surface area (Å²) < 4.78 is 0.905. The molecular formula is C22H15BrN4O. The number of amides is 1. The highest BCUT2D eigenvalue weighted by atomic mass is 79.9. The third kappa shape index (κ3) is 4.13. The first-order valence-corrected chi connectivity index (χ1v) is 9.42. The molecular weight excluding hydrogens is 416 g/mol. The van der Waals surface area contributed by atoms with Crippen molar-refractivity contribution in [2.24, 2.45) is 0 Å². The predicted octanol–water partition coefficient (Wildman–Crippen LogP) is 5.22.